The first-order valence-electron chi connectivity index (χ1n) is 10.7. The van der Waals surface area contributed by atoms with E-state index in [4.69, 9.17) is 0 Å². The van der Waals surface area contributed by atoms with Crippen molar-refractivity contribution in [2.75, 3.05) is 0 Å². The average molecular weight is 363 g/mol. The van der Waals surface area contributed by atoms with Crippen LogP contribution >= 0.6 is 0 Å². The Labute approximate surface area is 164 Å². The van der Waals surface area contributed by atoms with Crippen LogP contribution in [-0.4, -0.2) is 5.11 Å². The Kier molecular flexibility index (Phi) is 4.71. The molecular formula is C26H34O. The van der Waals surface area contributed by atoms with Gasteiger partial charge in [-0.1, -0.05) is 82.6 Å². The van der Waals surface area contributed by atoms with Gasteiger partial charge in [0.2, 0.25) is 0 Å². The highest BCUT2D eigenvalue weighted by Gasteiger charge is 2.54. The number of hydrogen-bond acceptors (Lipinski definition) is 1. The molecule has 0 aliphatic heterocycles. The molecule has 1 fully saturated rings. The quantitative estimate of drug-likeness (QED) is 0.656. The third kappa shape index (κ3) is 2.95. The predicted octanol–water partition coefficient (Wildman–Crippen LogP) is 6.55. The third-order valence-electron chi connectivity index (χ3n) is 7.83. The van der Waals surface area contributed by atoms with Crippen LogP contribution in [0.25, 0.3) is 0 Å². The number of rotatable bonds is 3. The van der Waals surface area contributed by atoms with Crippen LogP contribution in [0.15, 0.2) is 48.5 Å². The van der Waals surface area contributed by atoms with Crippen molar-refractivity contribution >= 4 is 0 Å². The Bertz CT molecular complexity index is 808. The van der Waals surface area contributed by atoms with Gasteiger partial charge in [-0.2, -0.15) is 0 Å². The summed E-state index contributed by atoms with van der Waals surface area (Å²) in [6.45, 7) is 9.38. The summed E-state index contributed by atoms with van der Waals surface area (Å²) in [4.78, 5) is 0. The van der Waals surface area contributed by atoms with Crippen LogP contribution in [0.3, 0.4) is 0 Å². The highest BCUT2D eigenvalue weighted by Crippen LogP contribution is 2.61. The van der Waals surface area contributed by atoms with E-state index in [1.54, 1.807) is 11.1 Å². The van der Waals surface area contributed by atoms with E-state index in [0.717, 1.165) is 18.4 Å². The number of fused-ring (bicyclic) bond motifs is 3. The van der Waals surface area contributed by atoms with E-state index in [-0.39, 0.29) is 16.9 Å². The summed E-state index contributed by atoms with van der Waals surface area (Å²) in [6, 6.07) is 17.5. The maximum atomic E-state index is 11.4. The summed E-state index contributed by atoms with van der Waals surface area (Å²) in [5.74, 6) is 1.10. The van der Waals surface area contributed by atoms with Crippen LogP contribution in [0.4, 0.5) is 0 Å². The fourth-order valence-corrected chi connectivity index (χ4v) is 6.26. The number of aliphatic hydroxyl groups is 1. The maximum absolute atomic E-state index is 11.4. The van der Waals surface area contributed by atoms with Crippen molar-refractivity contribution in [1.82, 2.24) is 0 Å². The number of hydrogen-bond donors (Lipinski definition) is 1. The Morgan fingerprint density at radius 2 is 1.70 bits per heavy atom. The van der Waals surface area contributed by atoms with Gasteiger partial charge in [-0.15, -0.1) is 0 Å². The molecule has 0 spiro atoms. The molecule has 0 saturated heterocycles. The molecule has 1 heteroatoms. The third-order valence-corrected chi connectivity index (χ3v) is 7.83. The molecule has 1 N–H and O–H groups in total. The maximum Gasteiger partial charge on any atom is 0.0846 e. The lowest BCUT2D eigenvalue weighted by Gasteiger charge is -2.57. The number of aliphatic hydroxyl groups excluding tert-OH is 1. The lowest BCUT2D eigenvalue weighted by Crippen LogP contribution is -2.51. The van der Waals surface area contributed by atoms with E-state index in [1.807, 2.05) is 18.2 Å². The van der Waals surface area contributed by atoms with Gasteiger partial charge in [0.15, 0.2) is 0 Å². The summed E-state index contributed by atoms with van der Waals surface area (Å²) in [5.41, 5.74) is 5.74. The topological polar surface area (TPSA) is 20.2 Å². The van der Waals surface area contributed by atoms with Gasteiger partial charge < -0.3 is 5.11 Å². The van der Waals surface area contributed by atoms with Crippen LogP contribution < -0.4 is 0 Å². The summed E-state index contributed by atoms with van der Waals surface area (Å²) in [7, 11) is 0. The molecule has 4 atom stereocenters. The lowest BCUT2D eigenvalue weighted by atomic mass is 9.48. The van der Waals surface area contributed by atoms with Gasteiger partial charge in [-0.25, -0.2) is 0 Å². The first-order chi connectivity index (χ1) is 12.9. The minimum absolute atomic E-state index is 0.0667. The SMILES string of the molecule is CC(C)c1ccc2c(c1)CC[C@@H]1[C@](C)([C@H](O)c3ccccc3)CCC[C@@]21C. The normalized spacial score (nSPS) is 31.3. The molecule has 4 rings (SSSR count). The van der Waals surface area contributed by atoms with Crippen molar-refractivity contribution in [3.8, 4) is 0 Å². The molecule has 1 nitrogen and oxygen atoms in total. The molecule has 1 saturated carbocycles. The van der Waals surface area contributed by atoms with Gasteiger partial charge >= 0.3 is 0 Å². The van der Waals surface area contributed by atoms with E-state index < -0.39 is 0 Å². The van der Waals surface area contributed by atoms with Crippen LogP contribution in [0.5, 0.6) is 0 Å². The van der Waals surface area contributed by atoms with Crippen molar-refractivity contribution in [2.24, 2.45) is 11.3 Å². The molecule has 2 aromatic rings. The Morgan fingerprint density at radius 3 is 2.41 bits per heavy atom. The fraction of sp³-hybridized carbons (Fsp3) is 0.538. The van der Waals surface area contributed by atoms with Gasteiger partial charge in [0.25, 0.3) is 0 Å². The second-order valence-electron chi connectivity index (χ2n) is 9.75. The van der Waals surface area contributed by atoms with Crippen molar-refractivity contribution < 1.29 is 5.11 Å². The Hall–Kier alpha value is -1.60. The molecule has 0 amide bonds. The second kappa shape index (κ2) is 6.78. The van der Waals surface area contributed by atoms with Crippen LogP contribution in [0, 0.1) is 11.3 Å². The van der Waals surface area contributed by atoms with Gasteiger partial charge in [0.05, 0.1) is 6.10 Å². The molecule has 2 aliphatic rings. The second-order valence-corrected chi connectivity index (χ2v) is 9.75. The van der Waals surface area contributed by atoms with E-state index in [0.29, 0.717) is 11.8 Å². The number of benzene rings is 2. The highest BCUT2D eigenvalue weighted by molar-refractivity contribution is 5.42. The van der Waals surface area contributed by atoms with Crippen molar-refractivity contribution in [3.63, 3.8) is 0 Å². The summed E-state index contributed by atoms with van der Waals surface area (Å²) in [5, 5.41) is 11.4. The molecule has 27 heavy (non-hydrogen) atoms. The molecule has 144 valence electrons. The standard InChI is InChI=1S/C26H34O/c1-18(2)20-11-13-22-21(17-20)12-14-23-25(22,3)15-8-16-26(23,4)24(27)19-9-6-5-7-10-19/h5-7,9-11,13,17-18,23-24,27H,8,12,14-16H2,1-4H3/t23-,24+,25-,26+/m0/s1. The molecule has 0 unspecified atom stereocenters. The minimum atomic E-state index is -0.389. The summed E-state index contributed by atoms with van der Waals surface area (Å²) >= 11 is 0. The van der Waals surface area contributed by atoms with E-state index in [9.17, 15) is 5.11 Å². The predicted molar refractivity (Wildman–Crippen MR) is 113 cm³/mol. The Balaban J connectivity index is 1.74. The molecule has 2 aliphatic carbocycles. The summed E-state index contributed by atoms with van der Waals surface area (Å²) in [6.07, 6.45) is 5.49. The molecule has 0 aromatic heterocycles. The van der Waals surface area contributed by atoms with E-state index in [1.165, 1.54) is 24.8 Å². The minimum Gasteiger partial charge on any atom is -0.388 e. The zero-order valence-corrected chi connectivity index (χ0v) is 17.3. The van der Waals surface area contributed by atoms with Crippen LogP contribution in [0.2, 0.25) is 0 Å². The molecule has 0 bridgehead atoms. The van der Waals surface area contributed by atoms with Crippen molar-refractivity contribution in [3.05, 3.63) is 70.8 Å². The first-order valence-corrected chi connectivity index (χ1v) is 10.7. The van der Waals surface area contributed by atoms with Gasteiger partial charge in [-0.3, -0.25) is 0 Å². The molecular weight excluding hydrogens is 328 g/mol. The smallest absolute Gasteiger partial charge is 0.0846 e. The fourth-order valence-electron chi connectivity index (χ4n) is 6.26. The van der Waals surface area contributed by atoms with Crippen LogP contribution in [0.1, 0.15) is 87.7 Å². The molecule has 0 heterocycles. The van der Waals surface area contributed by atoms with Gasteiger partial charge in [0.1, 0.15) is 0 Å². The summed E-state index contributed by atoms with van der Waals surface area (Å²) < 4.78 is 0. The molecule has 2 aromatic carbocycles. The molecule has 0 radical (unpaired) electrons. The Morgan fingerprint density at radius 1 is 0.963 bits per heavy atom. The van der Waals surface area contributed by atoms with Crippen molar-refractivity contribution in [2.45, 2.75) is 77.2 Å². The highest BCUT2D eigenvalue weighted by atomic mass is 16.3. The average Bonchev–Trinajstić information content (AvgIpc) is 2.67. The number of aryl methyl sites for hydroxylation is 1. The van der Waals surface area contributed by atoms with Gasteiger partial charge in [-0.05, 0) is 65.2 Å². The van der Waals surface area contributed by atoms with E-state index >= 15 is 0 Å². The van der Waals surface area contributed by atoms with Crippen molar-refractivity contribution in [1.29, 1.82) is 0 Å². The first kappa shape index (κ1) is 18.7. The monoisotopic (exact) mass is 362 g/mol. The largest absolute Gasteiger partial charge is 0.388 e. The lowest BCUT2D eigenvalue weighted by molar-refractivity contribution is -0.0748. The van der Waals surface area contributed by atoms with Crippen LogP contribution in [-0.2, 0) is 11.8 Å². The van der Waals surface area contributed by atoms with Gasteiger partial charge in [0, 0.05) is 5.41 Å². The zero-order valence-electron chi connectivity index (χ0n) is 17.3. The van der Waals surface area contributed by atoms with E-state index in [2.05, 4.69) is 58.0 Å². The zero-order chi connectivity index (χ0) is 19.2.